The zero-order chi connectivity index (χ0) is 10.4. The Morgan fingerprint density at radius 1 is 1.50 bits per heavy atom. The maximum absolute atomic E-state index is 10.5. The molecule has 3 N–H and O–H groups in total. The zero-order valence-electron chi connectivity index (χ0n) is 8.86. The summed E-state index contributed by atoms with van der Waals surface area (Å²) in [6.07, 6.45) is -0.930. The Labute approximate surface area is 106 Å². The number of carbonyl (C=O) groups excluding carboxylic acids is 1. The van der Waals surface area contributed by atoms with Gasteiger partial charge in [0, 0.05) is 12.6 Å². The molecule has 0 radical (unpaired) electrons. The molecule has 0 aliphatic heterocycles. The molecule has 6 heteroatoms. The maximum Gasteiger partial charge on any atom is 1.00 e. The first-order valence-electron chi connectivity index (χ1n) is 4.22. The average Bonchev–Trinajstić information content (AvgIpc) is 2.03. The second-order valence-electron chi connectivity index (χ2n) is 3.29. The average molecular weight is 213 g/mol. The predicted octanol–water partition coefficient (Wildman–Crippen LogP) is -5.29. The van der Waals surface area contributed by atoms with Gasteiger partial charge in [0.15, 0.2) is 0 Å². The summed E-state index contributed by atoms with van der Waals surface area (Å²) in [5.74, 6) is -1.31. The van der Waals surface area contributed by atoms with E-state index in [1.165, 1.54) is 0 Å². The summed E-state index contributed by atoms with van der Waals surface area (Å²) >= 11 is 0. The third-order valence-corrected chi connectivity index (χ3v) is 1.70. The van der Waals surface area contributed by atoms with E-state index < -0.39 is 18.1 Å². The molecule has 1 unspecified atom stereocenters. The molecule has 0 aromatic rings. The molecule has 0 aliphatic rings. The fourth-order valence-electron chi connectivity index (χ4n) is 0.919. The Hall–Kier alpha value is 0.350. The normalized spacial score (nSPS) is 14.6. The van der Waals surface area contributed by atoms with E-state index >= 15 is 0 Å². The number of aliphatic hydroxyl groups is 2. The number of carboxylic acids is 1. The Kier molecular flexibility index (Phi) is 10.4. The van der Waals surface area contributed by atoms with Crippen molar-refractivity contribution < 1.29 is 49.7 Å². The van der Waals surface area contributed by atoms with Gasteiger partial charge in [0.25, 0.3) is 0 Å². The number of nitrogens with one attached hydrogen (secondary N) is 1. The topological polar surface area (TPSA) is 92.6 Å². The molecule has 78 valence electrons. The quantitative estimate of drug-likeness (QED) is 0.383. The third-order valence-electron chi connectivity index (χ3n) is 1.70. The van der Waals surface area contributed by atoms with Gasteiger partial charge in [-0.2, -0.15) is 0 Å². The minimum atomic E-state index is -1.19. The molecule has 0 aliphatic carbocycles. The van der Waals surface area contributed by atoms with Crippen LogP contribution in [0, 0.1) is 5.92 Å². The van der Waals surface area contributed by atoms with Crippen LogP contribution in [0.4, 0.5) is 0 Å². The molecule has 0 aromatic heterocycles. The first-order chi connectivity index (χ1) is 5.99. The molecule has 0 spiro atoms. The fraction of sp³-hybridized carbons (Fsp3) is 0.875. The first kappa shape index (κ1) is 16.8. The van der Waals surface area contributed by atoms with E-state index in [2.05, 4.69) is 5.32 Å². The van der Waals surface area contributed by atoms with Gasteiger partial charge < -0.3 is 25.4 Å². The van der Waals surface area contributed by atoms with E-state index in [0.717, 1.165) is 0 Å². The molecule has 0 saturated carbocycles. The summed E-state index contributed by atoms with van der Waals surface area (Å²) < 4.78 is 0. The second-order valence-corrected chi connectivity index (χ2v) is 3.29. The molecule has 0 heterocycles. The fourth-order valence-corrected chi connectivity index (χ4v) is 0.919. The molecule has 5 nitrogen and oxygen atoms in total. The van der Waals surface area contributed by atoms with Crippen LogP contribution in [0.5, 0.6) is 0 Å². The van der Waals surface area contributed by atoms with Gasteiger partial charge in [-0.15, -0.1) is 0 Å². The van der Waals surface area contributed by atoms with Crippen LogP contribution < -0.4 is 40.0 Å². The van der Waals surface area contributed by atoms with Crippen LogP contribution in [0.15, 0.2) is 0 Å². The molecule has 0 saturated heterocycles. The van der Waals surface area contributed by atoms with E-state index in [1.807, 2.05) is 0 Å². The largest absolute Gasteiger partial charge is 1.00 e. The summed E-state index contributed by atoms with van der Waals surface area (Å²) in [5, 5.41) is 30.5. The molecule has 0 rings (SSSR count). The number of aliphatic hydroxyl groups excluding tert-OH is 2. The Balaban J connectivity index is 0. The van der Waals surface area contributed by atoms with Crippen molar-refractivity contribution in [3.05, 3.63) is 0 Å². The van der Waals surface area contributed by atoms with Crippen molar-refractivity contribution in [3.8, 4) is 0 Å². The van der Waals surface area contributed by atoms with Gasteiger partial charge in [0.2, 0.25) is 0 Å². The molecule has 0 fully saturated rings. The van der Waals surface area contributed by atoms with Crippen LogP contribution in [0.3, 0.4) is 0 Å². The van der Waals surface area contributed by atoms with E-state index in [1.54, 1.807) is 13.8 Å². The van der Waals surface area contributed by atoms with Gasteiger partial charge >= 0.3 is 29.6 Å². The molecule has 0 aromatic carbocycles. The van der Waals surface area contributed by atoms with Crippen molar-refractivity contribution in [1.29, 1.82) is 0 Å². The van der Waals surface area contributed by atoms with Gasteiger partial charge in [0.1, 0.15) is 0 Å². The number of hydrogen-bond acceptors (Lipinski definition) is 5. The Morgan fingerprint density at radius 2 is 2.00 bits per heavy atom. The molecular weight excluding hydrogens is 197 g/mol. The molecule has 0 bridgehead atoms. The predicted molar refractivity (Wildman–Crippen MR) is 44.7 cm³/mol. The van der Waals surface area contributed by atoms with E-state index in [-0.39, 0.29) is 48.6 Å². The summed E-state index contributed by atoms with van der Waals surface area (Å²) in [6, 6.07) is -0.791. The summed E-state index contributed by atoms with van der Waals surface area (Å²) in [6.45, 7) is 3.13. The van der Waals surface area contributed by atoms with E-state index in [0.29, 0.717) is 0 Å². The second kappa shape index (κ2) is 8.64. The van der Waals surface area contributed by atoms with Gasteiger partial charge in [-0.05, 0) is 5.92 Å². The third kappa shape index (κ3) is 6.75. The van der Waals surface area contributed by atoms with Gasteiger partial charge in [0.05, 0.1) is 18.7 Å². The van der Waals surface area contributed by atoms with Gasteiger partial charge in [-0.3, -0.25) is 0 Å². The van der Waals surface area contributed by atoms with E-state index in [9.17, 15) is 9.90 Å². The molecule has 2 atom stereocenters. The SMILES string of the molecule is CC(C)[C@H](NCC(O)CO)C(=O)[O-].[Na+]. The van der Waals surface area contributed by atoms with Crippen molar-refractivity contribution in [2.75, 3.05) is 13.2 Å². The standard InChI is InChI=1S/C8H17NO4.Na/c1-5(2)7(8(12)13)9-3-6(11)4-10;/h5-7,9-11H,3-4H2,1-2H3,(H,12,13);/q;+1/p-1/t6?,7-;/m0./s1. The van der Waals surface area contributed by atoms with Crippen LogP contribution in [-0.4, -0.2) is 41.5 Å². The number of carboxylic acid groups (broad SMARTS) is 1. The van der Waals surface area contributed by atoms with Crippen LogP contribution in [0.1, 0.15) is 13.8 Å². The Morgan fingerprint density at radius 3 is 2.29 bits per heavy atom. The van der Waals surface area contributed by atoms with Gasteiger partial charge in [-0.1, -0.05) is 13.8 Å². The van der Waals surface area contributed by atoms with E-state index in [4.69, 9.17) is 10.2 Å². The first-order valence-corrected chi connectivity index (χ1v) is 4.22. The summed E-state index contributed by atoms with van der Waals surface area (Å²) in [4.78, 5) is 10.5. The number of aliphatic carboxylic acids is 1. The minimum Gasteiger partial charge on any atom is -0.548 e. The monoisotopic (exact) mass is 213 g/mol. The summed E-state index contributed by atoms with van der Waals surface area (Å²) in [5.41, 5.74) is 0. The number of rotatable bonds is 6. The van der Waals surface area contributed by atoms with Crippen LogP contribution in [0.2, 0.25) is 0 Å². The molecule has 14 heavy (non-hydrogen) atoms. The zero-order valence-corrected chi connectivity index (χ0v) is 10.9. The molecular formula is C8H16NNaO4. The van der Waals surface area contributed by atoms with Crippen molar-refractivity contribution in [1.82, 2.24) is 5.32 Å². The minimum absolute atomic E-state index is 0. The van der Waals surface area contributed by atoms with Gasteiger partial charge in [-0.25, -0.2) is 0 Å². The number of hydrogen-bond donors (Lipinski definition) is 3. The van der Waals surface area contributed by atoms with Crippen molar-refractivity contribution in [2.45, 2.75) is 26.0 Å². The molecule has 0 amide bonds. The smallest absolute Gasteiger partial charge is 0.548 e. The Bertz CT molecular complexity index is 165. The summed E-state index contributed by atoms with van der Waals surface area (Å²) in [7, 11) is 0. The van der Waals surface area contributed by atoms with Crippen molar-refractivity contribution >= 4 is 5.97 Å². The van der Waals surface area contributed by atoms with Crippen LogP contribution in [-0.2, 0) is 4.79 Å². The van der Waals surface area contributed by atoms with Crippen LogP contribution >= 0.6 is 0 Å². The number of carbonyl (C=O) groups is 1. The van der Waals surface area contributed by atoms with Crippen molar-refractivity contribution in [3.63, 3.8) is 0 Å². The maximum atomic E-state index is 10.5. The van der Waals surface area contributed by atoms with Crippen molar-refractivity contribution in [2.24, 2.45) is 5.92 Å². The van der Waals surface area contributed by atoms with Crippen LogP contribution in [0.25, 0.3) is 0 Å².